The predicted molar refractivity (Wildman–Crippen MR) is 96.6 cm³/mol. The summed E-state index contributed by atoms with van der Waals surface area (Å²) in [7, 11) is 1.66. The molecule has 1 aromatic rings. The molecule has 0 aliphatic carbocycles. The fourth-order valence-electron chi connectivity index (χ4n) is 3.39. The molecule has 0 unspecified atom stereocenters. The summed E-state index contributed by atoms with van der Waals surface area (Å²) >= 11 is 1.60. The zero-order valence-corrected chi connectivity index (χ0v) is 15.1. The summed E-state index contributed by atoms with van der Waals surface area (Å²) in [6.45, 7) is 4.09. The molecule has 2 fully saturated rings. The van der Waals surface area contributed by atoms with Crippen molar-refractivity contribution in [2.75, 3.05) is 39.0 Å². The first-order valence-electron chi connectivity index (χ1n) is 8.01. The third kappa shape index (κ3) is 4.78. The van der Waals surface area contributed by atoms with Gasteiger partial charge >= 0.3 is 0 Å². The Bertz CT molecular complexity index is 515. The van der Waals surface area contributed by atoms with E-state index in [0.717, 1.165) is 61.5 Å². The number of thioether (sulfide) groups is 1. The van der Waals surface area contributed by atoms with Crippen LogP contribution in [0.25, 0.3) is 0 Å². The molecule has 0 spiro atoms. The molecule has 3 rings (SSSR count). The van der Waals surface area contributed by atoms with E-state index in [2.05, 4.69) is 10.2 Å². The molecule has 2 saturated heterocycles. The summed E-state index contributed by atoms with van der Waals surface area (Å²) in [4.78, 5) is 15.6. The molecule has 2 aliphatic rings. The molecule has 0 aromatic heterocycles. The summed E-state index contributed by atoms with van der Waals surface area (Å²) in [6.07, 6.45) is 2.29. The molecule has 2 heterocycles. The number of likely N-dealkylation sites (tertiary alicyclic amines) is 1. The lowest BCUT2D eigenvalue weighted by molar-refractivity contribution is -0.128. The number of hydrogen-bond donors (Lipinski definition) is 1. The quantitative estimate of drug-likeness (QED) is 0.842. The van der Waals surface area contributed by atoms with Crippen molar-refractivity contribution in [2.24, 2.45) is 11.8 Å². The van der Waals surface area contributed by atoms with Gasteiger partial charge in [0.15, 0.2) is 0 Å². The molecule has 0 radical (unpaired) electrons. The highest BCUT2D eigenvalue weighted by Crippen LogP contribution is 2.28. The van der Waals surface area contributed by atoms with Gasteiger partial charge in [0.05, 0.1) is 12.9 Å². The van der Waals surface area contributed by atoms with E-state index in [-0.39, 0.29) is 18.3 Å². The molecule has 23 heavy (non-hydrogen) atoms. The lowest BCUT2D eigenvalue weighted by atomic mass is 9.92. The van der Waals surface area contributed by atoms with Crippen LogP contribution in [0, 0.1) is 11.8 Å². The normalized spacial score (nSPS) is 23.6. The zero-order chi connectivity index (χ0) is 15.4. The lowest BCUT2D eigenvalue weighted by Crippen LogP contribution is -2.34. The van der Waals surface area contributed by atoms with Crippen molar-refractivity contribution in [3.8, 4) is 5.75 Å². The van der Waals surface area contributed by atoms with Gasteiger partial charge < -0.3 is 15.0 Å². The van der Waals surface area contributed by atoms with Crippen molar-refractivity contribution in [3.63, 3.8) is 0 Å². The van der Waals surface area contributed by atoms with Crippen LogP contribution in [0.2, 0.25) is 0 Å². The largest absolute Gasteiger partial charge is 0.497 e. The number of halogens is 1. The zero-order valence-electron chi connectivity index (χ0n) is 13.5. The Morgan fingerprint density at radius 2 is 2.00 bits per heavy atom. The van der Waals surface area contributed by atoms with Gasteiger partial charge in [-0.05, 0) is 56.0 Å². The van der Waals surface area contributed by atoms with E-state index in [9.17, 15) is 4.79 Å². The summed E-state index contributed by atoms with van der Waals surface area (Å²) in [5, 5.41) is 3.47. The Morgan fingerprint density at radius 1 is 1.30 bits per heavy atom. The fraction of sp³-hybridized carbons (Fsp3) is 0.588. The minimum atomic E-state index is 0. The Morgan fingerprint density at radius 3 is 2.65 bits per heavy atom. The molecule has 2 atom stereocenters. The van der Waals surface area contributed by atoms with E-state index in [1.54, 1.807) is 18.9 Å². The number of benzene rings is 1. The number of nitrogens with zero attached hydrogens (tertiary/aromatic N) is 1. The SMILES string of the molecule is COc1cccc(SCC(=O)N2CC[C@@H]3CNC[C@@H]3CC2)c1.Cl. The highest BCUT2D eigenvalue weighted by Gasteiger charge is 2.31. The van der Waals surface area contributed by atoms with Gasteiger partial charge in [0.2, 0.25) is 5.91 Å². The molecule has 128 valence electrons. The lowest BCUT2D eigenvalue weighted by Gasteiger charge is -2.20. The second-order valence-electron chi connectivity index (χ2n) is 6.10. The van der Waals surface area contributed by atoms with Crippen LogP contribution < -0.4 is 10.1 Å². The van der Waals surface area contributed by atoms with Gasteiger partial charge in [-0.25, -0.2) is 0 Å². The second kappa shape index (κ2) is 8.81. The number of hydrogen-bond acceptors (Lipinski definition) is 4. The van der Waals surface area contributed by atoms with Crippen LogP contribution in [0.4, 0.5) is 0 Å². The number of carbonyl (C=O) groups is 1. The Labute approximate surface area is 148 Å². The van der Waals surface area contributed by atoms with Crippen LogP contribution in [-0.4, -0.2) is 49.8 Å². The summed E-state index contributed by atoms with van der Waals surface area (Å²) < 4.78 is 5.22. The van der Waals surface area contributed by atoms with Gasteiger partial charge in [0.1, 0.15) is 5.75 Å². The molecule has 2 aliphatic heterocycles. The smallest absolute Gasteiger partial charge is 0.232 e. The van der Waals surface area contributed by atoms with Crippen LogP contribution in [0.5, 0.6) is 5.75 Å². The van der Waals surface area contributed by atoms with Gasteiger partial charge in [-0.3, -0.25) is 4.79 Å². The first-order chi connectivity index (χ1) is 10.8. The molecular formula is C17H25ClN2O2S. The van der Waals surface area contributed by atoms with Gasteiger partial charge in [0.25, 0.3) is 0 Å². The van der Waals surface area contributed by atoms with Crippen LogP contribution in [-0.2, 0) is 4.79 Å². The minimum Gasteiger partial charge on any atom is -0.497 e. The molecule has 0 saturated carbocycles. The Balaban J connectivity index is 0.00000192. The van der Waals surface area contributed by atoms with Gasteiger partial charge in [-0.15, -0.1) is 24.2 Å². The van der Waals surface area contributed by atoms with Crippen molar-refractivity contribution >= 4 is 30.1 Å². The molecule has 1 amide bonds. The molecule has 4 nitrogen and oxygen atoms in total. The standard InChI is InChI=1S/C17H24N2O2S.ClH/c1-21-15-3-2-4-16(9-15)22-12-17(20)19-7-5-13-10-18-11-14(13)6-8-19;/h2-4,9,13-14,18H,5-8,10-12H2,1H3;1H/t13-,14+;. The summed E-state index contributed by atoms with van der Waals surface area (Å²) in [5.74, 6) is 3.15. The third-order valence-corrected chi connectivity index (χ3v) is 5.75. The van der Waals surface area contributed by atoms with Crippen LogP contribution in [0.3, 0.4) is 0 Å². The van der Waals surface area contributed by atoms with E-state index >= 15 is 0 Å². The number of amides is 1. The predicted octanol–water partition coefficient (Wildman–Crippen LogP) is 2.67. The van der Waals surface area contributed by atoms with Crippen LogP contribution in [0.1, 0.15) is 12.8 Å². The minimum absolute atomic E-state index is 0. The van der Waals surface area contributed by atoms with Crippen molar-refractivity contribution in [2.45, 2.75) is 17.7 Å². The topological polar surface area (TPSA) is 41.6 Å². The van der Waals surface area contributed by atoms with E-state index in [4.69, 9.17) is 4.74 Å². The number of nitrogens with one attached hydrogen (secondary N) is 1. The van der Waals surface area contributed by atoms with E-state index in [1.165, 1.54) is 0 Å². The van der Waals surface area contributed by atoms with E-state index in [0.29, 0.717) is 5.75 Å². The third-order valence-electron chi connectivity index (χ3n) is 4.78. The molecule has 1 aromatic carbocycles. The van der Waals surface area contributed by atoms with Crippen molar-refractivity contribution in [1.29, 1.82) is 0 Å². The number of fused-ring (bicyclic) bond motifs is 1. The number of ether oxygens (including phenoxy) is 1. The number of methoxy groups -OCH3 is 1. The first kappa shape index (κ1) is 18.4. The highest BCUT2D eigenvalue weighted by atomic mass is 35.5. The summed E-state index contributed by atoms with van der Waals surface area (Å²) in [5.41, 5.74) is 0. The van der Waals surface area contributed by atoms with Crippen LogP contribution >= 0.6 is 24.2 Å². The van der Waals surface area contributed by atoms with Crippen LogP contribution in [0.15, 0.2) is 29.2 Å². The van der Waals surface area contributed by atoms with Gasteiger partial charge in [-0.2, -0.15) is 0 Å². The summed E-state index contributed by atoms with van der Waals surface area (Å²) in [6, 6.07) is 7.90. The number of rotatable bonds is 4. The number of carbonyl (C=O) groups excluding carboxylic acids is 1. The molecule has 0 bridgehead atoms. The van der Waals surface area contributed by atoms with Crippen molar-refractivity contribution in [3.05, 3.63) is 24.3 Å². The van der Waals surface area contributed by atoms with Gasteiger partial charge in [-0.1, -0.05) is 6.07 Å². The monoisotopic (exact) mass is 356 g/mol. The maximum atomic E-state index is 12.5. The molecule has 1 N–H and O–H groups in total. The Kier molecular flexibility index (Phi) is 7.06. The highest BCUT2D eigenvalue weighted by molar-refractivity contribution is 8.00. The second-order valence-corrected chi connectivity index (χ2v) is 7.15. The molecule has 6 heteroatoms. The maximum absolute atomic E-state index is 12.5. The van der Waals surface area contributed by atoms with Gasteiger partial charge in [0, 0.05) is 18.0 Å². The van der Waals surface area contributed by atoms with Crippen molar-refractivity contribution < 1.29 is 9.53 Å². The Hall–Kier alpha value is -0.910. The maximum Gasteiger partial charge on any atom is 0.232 e. The van der Waals surface area contributed by atoms with E-state index in [1.807, 2.05) is 24.3 Å². The average Bonchev–Trinajstić information content (AvgIpc) is 2.91. The average molecular weight is 357 g/mol. The van der Waals surface area contributed by atoms with E-state index < -0.39 is 0 Å². The fourth-order valence-corrected chi connectivity index (χ4v) is 4.24. The molecular weight excluding hydrogens is 332 g/mol. The van der Waals surface area contributed by atoms with Crippen molar-refractivity contribution in [1.82, 2.24) is 10.2 Å². The first-order valence-corrected chi connectivity index (χ1v) is 9.00.